The number of carbonyl (C=O) groups excluding carboxylic acids is 1. The van der Waals surface area contributed by atoms with Gasteiger partial charge in [0.05, 0.1) is 27.4 Å². The second-order valence-electron chi connectivity index (χ2n) is 5.28. The van der Waals surface area contributed by atoms with Gasteiger partial charge < -0.3 is 25.3 Å². The topological polar surface area (TPSA) is 82.8 Å². The Morgan fingerprint density at radius 1 is 1.04 bits per heavy atom. The van der Waals surface area contributed by atoms with E-state index in [2.05, 4.69) is 5.32 Å². The van der Waals surface area contributed by atoms with E-state index in [1.165, 1.54) is 0 Å². The fraction of sp³-hybridized carbons (Fsp3) is 0.278. The van der Waals surface area contributed by atoms with Crippen LogP contribution in [-0.4, -0.2) is 27.2 Å². The number of methoxy groups -OCH3 is 3. The SMILES string of the molecule is COc1cc(C(C)NC(=O)c2cccc(N)c2)cc(OC)c1OC.Cl. The molecule has 0 bridgehead atoms. The van der Waals surface area contributed by atoms with E-state index >= 15 is 0 Å². The molecule has 0 aromatic heterocycles. The lowest BCUT2D eigenvalue weighted by Crippen LogP contribution is -2.26. The van der Waals surface area contributed by atoms with Gasteiger partial charge in [-0.25, -0.2) is 0 Å². The van der Waals surface area contributed by atoms with E-state index in [0.29, 0.717) is 28.5 Å². The zero-order valence-corrected chi connectivity index (χ0v) is 15.5. The van der Waals surface area contributed by atoms with E-state index in [4.69, 9.17) is 19.9 Å². The molecule has 0 aliphatic rings. The number of hydrogen-bond acceptors (Lipinski definition) is 5. The fourth-order valence-corrected chi connectivity index (χ4v) is 2.39. The quantitative estimate of drug-likeness (QED) is 0.767. The summed E-state index contributed by atoms with van der Waals surface area (Å²) in [6.45, 7) is 1.88. The van der Waals surface area contributed by atoms with Crippen LogP contribution in [0.25, 0.3) is 0 Å². The Hall–Kier alpha value is -2.60. The normalized spacial score (nSPS) is 11.0. The van der Waals surface area contributed by atoms with Crippen LogP contribution in [0.5, 0.6) is 17.2 Å². The molecule has 6 nitrogen and oxygen atoms in total. The van der Waals surface area contributed by atoms with Gasteiger partial charge in [0.2, 0.25) is 5.75 Å². The van der Waals surface area contributed by atoms with E-state index < -0.39 is 0 Å². The van der Waals surface area contributed by atoms with E-state index in [-0.39, 0.29) is 24.4 Å². The van der Waals surface area contributed by atoms with Gasteiger partial charge in [-0.15, -0.1) is 12.4 Å². The molecule has 1 amide bonds. The highest BCUT2D eigenvalue weighted by Crippen LogP contribution is 2.39. The van der Waals surface area contributed by atoms with Crippen molar-refractivity contribution >= 4 is 24.0 Å². The smallest absolute Gasteiger partial charge is 0.251 e. The molecule has 136 valence electrons. The van der Waals surface area contributed by atoms with Crippen molar-refractivity contribution in [3.63, 3.8) is 0 Å². The molecule has 0 aliphatic carbocycles. The van der Waals surface area contributed by atoms with E-state index in [0.717, 1.165) is 5.56 Å². The summed E-state index contributed by atoms with van der Waals surface area (Å²) in [6, 6.07) is 10.2. The second kappa shape index (κ2) is 9.03. The summed E-state index contributed by atoms with van der Waals surface area (Å²) in [5.41, 5.74) is 7.61. The Morgan fingerprint density at radius 3 is 2.12 bits per heavy atom. The van der Waals surface area contributed by atoms with Gasteiger partial charge >= 0.3 is 0 Å². The first-order valence-electron chi connectivity index (χ1n) is 7.46. The molecule has 0 saturated carbocycles. The van der Waals surface area contributed by atoms with Crippen LogP contribution in [0.3, 0.4) is 0 Å². The Kier molecular flexibility index (Phi) is 7.39. The number of amides is 1. The number of nitrogen functional groups attached to an aromatic ring is 1. The Balaban J connectivity index is 0.00000312. The van der Waals surface area contributed by atoms with Crippen LogP contribution in [0.15, 0.2) is 36.4 Å². The summed E-state index contributed by atoms with van der Waals surface area (Å²) in [5, 5.41) is 2.93. The highest BCUT2D eigenvalue weighted by Gasteiger charge is 2.18. The lowest BCUT2D eigenvalue weighted by Gasteiger charge is -2.19. The van der Waals surface area contributed by atoms with Gasteiger partial charge in [-0.3, -0.25) is 4.79 Å². The van der Waals surface area contributed by atoms with Gasteiger partial charge in [0.25, 0.3) is 5.91 Å². The van der Waals surface area contributed by atoms with Gasteiger partial charge in [-0.2, -0.15) is 0 Å². The van der Waals surface area contributed by atoms with Crippen molar-refractivity contribution in [2.24, 2.45) is 0 Å². The maximum Gasteiger partial charge on any atom is 0.251 e. The number of ether oxygens (including phenoxy) is 3. The first-order valence-corrected chi connectivity index (χ1v) is 7.46. The molecule has 0 radical (unpaired) electrons. The molecule has 7 heteroatoms. The van der Waals surface area contributed by atoms with Crippen LogP contribution in [0.4, 0.5) is 5.69 Å². The maximum atomic E-state index is 12.4. The average molecular weight is 367 g/mol. The van der Waals surface area contributed by atoms with E-state index in [9.17, 15) is 4.79 Å². The molecule has 2 rings (SSSR count). The molecule has 2 aromatic rings. The van der Waals surface area contributed by atoms with Crippen molar-refractivity contribution in [1.29, 1.82) is 0 Å². The first-order chi connectivity index (χ1) is 11.5. The molecule has 1 atom stereocenters. The van der Waals surface area contributed by atoms with Crippen molar-refractivity contribution in [1.82, 2.24) is 5.32 Å². The molecule has 2 aromatic carbocycles. The van der Waals surface area contributed by atoms with E-state index in [1.54, 1.807) is 45.6 Å². The van der Waals surface area contributed by atoms with Gasteiger partial charge in [0, 0.05) is 11.3 Å². The minimum atomic E-state index is -0.257. The predicted molar refractivity (Wildman–Crippen MR) is 100 cm³/mol. The van der Waals surface area contributed by atoms with Crippen molar-refractivity contribution in [3.8, 4) is 17.2 Å². The van der Waals surface area contributed by atoms with Crippen molar-refractivity contribution in [2.75, 3.05) is 27.1 Å². The van der Waals surface area contributed by atoms with Crippen molar-refractivity contribution in [2.45, 2.75) is 13.0 Å². The van der Waals surface area contributed by atoms with Crippen LogP contribution in [0, 0.1) is 0 Å². The lowest BCUT2D eigenvalue weighted by molar-refractivity contribution is 0.0940. The third-order valence-corrected chi connectivity index (χ3v) is 3.68. The number of hydrogen-bond donors (Lipinski definition) is 2. The highest BCUT2D eigenvalue weighted by molar-refractivity contribution is 5.95. The molecule has 0 aliphatic heterocycles. The van der Waals surface area contributed by atoms with Crippen LogP contribution < -0.4 is 25.3 Å². The molecular formula is C18H23ClN2O4. The minimum Gasteiger partial charge on any atom is -0.493 e. The number of nitrogens with two attached hydrogens (primary N) is 1. The largest absolute Gasteiger partial charge is 0.493 e. The van der Waals surface area contributed by atoms with Crippen LogP contribution in [0.1, 0.15) is 28.9 Å². The zero-order chi connectivity index (χ0) is 17.7. The molecular weight excluding hydrogens is 344 g/mol. The van der Waals surface area contributed by atoms with Crippen molar-refractivity contribution < 1.29 is 19.0 Å². The highest BCUT2D eigenvalue weighted by atomic mass is 35.5. The first kappa shape index (κ1) is 20.4. The fourth-order valence-electron chi connectivity index (χ4n) is 2.39. The van der Waals surface area contributed by atoms with Gasteiger partial charge in [0.1, 0.15) is 0 Å². The molecule has 3 N–H and O–H groups in total. The summed E-state index contributed by atoms with van der Waals surface area (Å²) in [4.78, 5) is 12.4. The minimum absolute atomic E-state index is 0. The molecule has 1 unspecified atom stereocenters. The summed E-state index contributed by atoms with van der Waals surface area (Å²) >= 11 is 0. The van der Waals surface area contributed by atoms with Gasteiger partial charge in [-0.05, 0) is 42.8 Å². The summed E-state index contributed by atoms with van der Waals surface area (Å²) in [6.07, 6.45) is 0. The zero-order valence-electron chi connectivity index (χ0n) is 14.7. The van der Waals surface area contributed by atoms with E-state index in [1.807, 2.05) is 19.1 Å². The summed E-state index contributed by atoms with van der Waals surface area (Å²) in [7, 11) is 4.65. The van der Waals surface area contributed by atoms with Crippen LogP contribution in [-0.2, 0) is 0 Å². The Bertz CT molecular complexity index is 712. The summed E-state index contributed by atoms with van der Waals surface area (Å²) in [5.74, 6) is 1.38. The van der Waals surface area contributed by atoms with Gasteiger partial charge in [-0.1, -0.05) is 6.07 Å². The standard InChI is InChI=1S/C18H22N2O4.ClH/c1-11(20-18(21)12-6-5-7-14(19)8-12)13-9-15(22-2)17(24-4)16(10-13)23-3;/h5-11H,19H2,1-4H3,(H,20,21);1H. The number of benzene rings is 2. The molecule has 0 spiro atoms. The monoisotopic (exact) mass is 366 g/mol. The van der Waals surface area contributed by atoms with Crippen molar-refractivity contribution in [3.05, 3.63) is 47.5 Å². The number of halogens is 1. The summed E-state index contributed by atoms with van der Waals surface area (Å²) < 4.78 is 16.0. The third kappa shape index (κ3) is 4.70. The number of nitrogens with one attached hydrogen (secondary N) is 1. The van der Waals surface area contributed by atoms with Gasteiger partial charge in [0.15, 0.2) is 11.5 Å². The third-order valence-electron chi connectivity index (χ3n) is 3.68. The second-order valence-corrected chi connectivity index (χ2v) is 5.28. The Labute approximate surface area is 153 Å². The number of anilines is 1. The molecule has 0 fully saturated rings. The molecule has 0 heterocycles. The van der Waals surface area contributed by atoms with Crippen LogP contribution in [0.2, 0.25) is 0 Å². The van der Waals surface area contributed by atoms with Crippen LogP contribution >= 0.6 is 12.4 Å². The number of rotatable bonds is 6. The number of carbonyl (C=O) groups is 1. The molecule has 25 heavy (non-hydrogen) atoms. The maximum absolute atomic E-state index is 12.4. The molecule has 0 saturated heterocycles. The lowest BCUT2D eigenvalue weighted by atomic mass is 10.1. The predicted octanol–water partition coefficient (Wildman–Crippen LogP) is 3.21. The Morgan fingerprint density at radius 2 is 1.64 bits per heavy atom. The average Bonchev–Trinajstić information content (AvgIpc) is 2.60.